The molecule has 3 aromatic rings. The van der Waals surface area contributed by atoms with Crippen LogP contribution in [0.25, 0.3) is 5.65 Å². The highest BCUT2D eigenvalue weighted by Crippen LogP contribution is 2.31. The molecule has 0 N–H and O–H groups in total. The van der Waals surface area contributed by atoms with Crippen LogP contribution in [0.5, 0.6) is 5.75 Å². The van der Waals surface area contributed by atoms with E-state index in [4.69, 9.17) is 39.5 Å². The SMILES string of the molecule is Cc1nc2c(OCc3c(Cl)cc(Cl)cc3Cl)cccn2c1Br. The third-order valence-electron chi connectivity index (χ3n) is 3.19. The predicted octanol–water partition coefficient (Wildman–Crippen LogP) is 5.94. The number of halogens is 4. The van der Waals surface area contributed by atoms with Gasteiger partial charge in [0.2, 0.25) is 0 Å². The Morgan fingerprint density at radius 3 is 2.59 bits per heavy atom. The topological polar surface area (TPSA) is 26.5 Å². The first-order chi connectivity index (χ1) is 10.5. The van der Waals surface area contributed by atoms with Crippen LogP contribution >= 0.6 is 50.7 Å². The van der Waals surface area contributed by atoms with E-state index < -0.39 is 0 Å². The summed E-state index contributed by atoms with van der Waals surface area (Å²) in [7, 11) is 0. The molecule has 2 heterocycles. The lowest BCUT2D eigenvalue weighted by molar-refractivity contribution is 0.308. The Balaban J connectivity index is 1.94. The number of ether oxygens (including phenoxy) is 1. The van der Waals surface area contributed by atoms with Crippen LogP contribution in [-0.4, -0.2) is 9.38 Å². The molecular weight excluding hydrogens is 410 g/mol. The minimum Gasteiger partial charge on any atom is -0.485 e. The zero-order chi connectivity index (χ0) is 15.9. The molecule has 0 atom stereocenters. The molecule has 0 saturated carbocycles. The third kappa shape index (κ3) is 2.93. The molecule has 0 aliphatic rings. The molecule has 0 aliphatic carbocycles. The highest BCUT2D eigenvalue weighted by molar-refractivity contribution is 9.10. The first kappa shape index (κ1) is 15.9. The van der Waals surface area contributed by atoms with Crippen LogP contribution in [0.2, 0.25) is 15.1 Å². The second-order valence-electron chi connectivity index (χ2n) is 4.69. The summed E-state index contributed by atoms with van der Waals surface area (Å²) in [5.74, 6) is 0.651. The van der Waals surface area contributed by atoms with E-state index in [1.54, 1.807) is 12.1 Å². The van der Waals surface area contributed by atoms with Crippen molar-refractivity contribution in [3.8, 4) is 5.75 Å². The summed E-state index contributed by atoms with van der Waals surface area (Å²) >= 11 is 21.8. The second kappa shape index (κ2) is 6.28. The van der Waals surface area contributed by atoms with E-state index in [1.807, 2.05) is 29.7 Å². The van der Waals surface area contributed by atoms with Gasteiger partial charge >= 0.3 is 0 Å². The van der Waals surface area contributed by atoms with Gasteiger partial charge in [-0.05, 0) is 47.1 Å². The molecule has 0 bridgehead atoms. The molecule has 3 nitrogen and oxygen atoms in total. The number of hydrogen-bond acceptors (Lipinski definition) is 2. The van der Waals surface area contributed by atoms with E-state index >= 15 is 0 Å². The van der Waals surface area contributed by atoms with Gasteiger partial charge in [0.25, 0.3) is 0 Å². The number of rotatable bonds is 3. The summed E-state index contributed by atoms with van der Waals surface area (Å²) in [4.78, 5) is 4.49. The molecule has 1 aromatic carbocycles. The Morgan fingerprint density at radius 1 is 1.23 bits per heavy atom. The number of pyridine rings is 1. The van der Waals surface area contributed by atoms with Gasteiger partial charge < -0.3 is 4.74 Å². The number of hydrogen-bond donors (Lipinski definition) is 0. The van der Waals surface area contributed by atoms with E-state index in [1.165, 1.54) is 0 Å². The van der Waals surface area contributed by atoms with Gasteiger partial charge in [-0.25, -0.2) is 4.98 Å². The maximum absolute atomic E-state index is 6.17. The van der Waals surface area contributed by atoms with Crippen LogP contribution < -0.4 is 4.74 Å². The Kier molecular flexibility index (Phi) is 4.55. The number of fused-ring (bicyclic) bond motifs is 1. The fourth-order valence-corrected chi connectivity index (χ4v) is 3.40. The summed E-state index contributed by atoms with van der Waals surface area (Å²) in [5.41, 5.74) is 2.31. The van der Waals surface area contributed by atoms with Gasteiger partial charge in [0.1, 0.15) is 11.2 Å². The predicted molar refractivity (Wildman–Crippen MR) is 93.4 cm³/mol. The molecule has 0 saturated heterocycles. The van der Waals surface area contributed by atoms with Crippen LogP contribution in [0.4, 0.5) is 0 Å². The first-order valence-corrected chi connectivity index (χ1v) is 8.29. The molecule has 22 heavy (non-hydrogen) atoms. The largest absolute Gasteiger partial charge is 0.485 e. The number of aromatic nitrogens is 2. The van der Waals surface area contributed by atoms with Gasteiger partial charge in [-0.15, -0.1) is 0 Å². The van der Waals surface area contributed by atoms with Crippen LogP contribution in [0.15, 0.2) is 35.1 Å². The van der Waals surface area contributed by atoms with Crippen molar-refractivity contribution in [3.05, 3.63) is 61.4 Å². The first-order valence-electron chi connectivity index (χ1n) is 6.36. The van der Waals surface area contributed by atoms with Crippen LogP contribution in [0.1, 0.15) is 11.3 Å². The molecule has 7 heteroatoms. The van der Waals surface area contributed by atoms with Crippen molar-refractivity contribution in [2.45, 2.75) is 13.5 Å². The average Bonchev–Trinajstić information content (AvgIpc) is 2.74. The van der Waals surface area contributed by atoms with Crippen LogP contribution in [-0.2, 0) is 6.61 Å². The number of aryl methyl sites for hydroxylation is 1. The van der Waals surface area contributed by atoms with Gasteiger partial charge in [0.15, 0.2) is 11.4 Å². The van der Waals surface area contributed by atoms with Crippen molar-refractivity contribution in [2.75, 3.05) is 0 Å². The fourth-order valence-electron chi connectivity index (χ4n) is 2.10. The molecular formula is C15H10BrCl3N2O. The van der Waals surface area contributed by atoms with Gasteiger partial charge in [-0.2, -0.15) is 0 Å². The van der Waals surface area contributed by atoms with Crippen molar-refractivity contribution >= 4 is 56.4 Å². The van der Waals surface area contributed by atoms with E-state index in [-0.39, 0.29) is 6.61 Å². The molecule has 3 rings (SSSR count). The molecule has 0 aliphatic heterocycles. The summed E-state index contributed by atoms with van der Waals surface area (Å²) in [6.45, 7) is 2.16. The van der Waals surface area contributed by atoms with Crippen molar-refractivity contribution in [3.63, 3.8) is 0 Å². The van der Waals surface area contributed by atoms with Crippen molar-refractivity contribution < 1.29 is 4.74 Å². The molecule has 0 fully saturated rings. The third-order valence-corrected chi connectivity index (χ3v) is 5.04. The maximum atomic E-state index is 6.17. The van der Waals surface area contributed by atoms with Crippen LogP contribution in [0.3, 0.4) is 0 Å². The van der Waals surface area contributed by atoms with Crippen LogP contribution in [0, 0.1) is 6.92 Å². The number of benzene rings is 1. The lowest BCUT2D eigenvalue weighted by atomic mass is 10.2. The molecule has 0 unspecified atom stereocenters. The minimum absolute atomic E-state index is 0.234. The standard InChI is InChI=1S/C15H10BrCl3N2O/c1-8-14(16)21-4-2-3-13(15(21)20-8)22-7-10-11(18)5-9(17)6-12(10)19/h2-6H,7H2,1H3. The zero-order valence-electron chi connectivity index (χ0n) is 11.4. The lowest BCUT2D eigenvalue weighted by Crippen LogP contribution is -1.99. The normalized spacial score (nSPS) is 11.1. The second-order valence-corrected chi connectivity index (χ2v) is 6.69. The fraction of sp³-hybridized carbons (Fsp3) is 0.133. The summed E-state index contributed by atoms with van der Waals surface area (Å²) in [6.07, 6.45) is 1.91. The van der Waals surface area contributed by atoms with E-state index in [0.29, 0.717) is 26.4 Å². The lowest BCUT2D eigenvalue weighted by Gasteiger charge is -2.10. The van der Waals surface area contributed by atoms with E-state index in [0.717, 1.165) is 15.9 Å². The molecule has 0 spiro atoms. The Labute approximate surface area is 150 Å². The molecule has 114 valence electrons. The Hall–Kier alpha value is -0.940. The molecule has 0 radical (unpaired) electrons. The summed E-state index contributed by atoms with van der Waals surface area (Å²) in [5, 5.41) is 1.45. The molecule has 0 amide bonds. The minimum atomic E-state index is 0.234. The van der Waals surface area contributed by atoms with Gasteiger partial charge in [0, 0.05) is 16.8 Å². The Morgan fingerprint density at radius 2 is 1.91 bits per heavy atom. The summed E-state index contributed by atoms with van der Waals surface area (Å²) in [6, 6.07) is 7.03. The smallest absolute Gasteiger partial charge is 0.180 e. The molecule has 2 aromatic heterocycles. The quantitative estimate of drug-likeness (QED) is 0.524. The highest BCUT2D eigenvalue weighted by atomic mass is 79.9. The van der Waals surface area contributed by atoms with Crippen molar-refractivity contribution in [1.82, 2.24) is 9.38 Å². The number of nitrogens with zero attached hydrogens (tertiary/aromatic N) is 2. The summed E-state index contributed by atoms with van der Waals surface area (Å²) < 4.78 is 8.67. The monoisotopic (exact) mass is 418 g/mol. The van der Waals surface area contributed by atoms with E-state index in [9.17, 15) is 0 Å². The van der Waals surface area contributed by atoms with Gasteiger partial charge in [-0.1, -0.05) is 34.8 Å². The van der Waals surface area contributed by atoms with Gasteiger partial charge in [-0.3, -0.25) is 4.40 Å². The Bertz CT molecular complexity index is 840. The maximum Gasteiger partial charge on any atom is 0.180 e. The number of imidazole rings is 1. The van der Waals surface area contributed by atoms with Crippen molar-refractivity contribution in [1.29, 1.82) is 0 Å². The highest BCUT2D eigenvalue weighted by Gasteiger charge is 2.13. The van der Waals surface area contributed by atoms with Crippen molar-refractivity contribution in [2.24, 2.45) is 0 Å². The average molecular weight is 421 g/mol. The zero-order valence-corrected chi connectivity index (χ0v) is 15.3. The van der Waals surface area contributed by atoms with Gasteiger partial charge in [0.05, 0.1) is 15.7 Å². The van der Waals surface area contributed by atoms with E-state index in [2.05, 4.69) is 20.9 Å².